The van der Waals surface area contributed by atoms with E-state index in [1.807, 2.05) is 43.0 Å². The van der Waals surface area contributed by atoms with Crippen LogP contribution in [0.2, 0.25) is 0 Å². The number of esters is 1. The predicted molar refractivity (Wildman–Crippen MR) is 153 cm³/mol. The van der Waals surface area contributed by atoms with Crippen molar-refractivity contribution >= 4 is 11.9 Å². The van der Waals surface area contributed by atoms with Gasteiger partial charge in [0.15, 0.2) is 0 Å². The first kappa shape index (κ1) is 31.1. The van der Waals surface area contributed by atoms with E-state index >= 15 is 0 Å². The summed E-state index contributed by atoms with van der Waals surface area (Å²) in [5.41, 5.74) is 2.76. The highest BCUT2D eigenvalue weighted by Crippen LogP contribution is 2.33. The number of carbonyl (C=O) groups is 2. The Kier molecular flexibility index (Phi) is 9.96. The fourth-order valence-electron chi connectivity index (χ4n) is 5.55. The lowest BCUT2D eigenvalue weighted by Crippen LogP contribution is -2.40. The molecule has 10 heteroatoms. The monoisotopic (exact) mass is 585 g/mol. The summed E-state index contributed by atoms with van der Waals surface area (Å²) < 4.78 is 52.0. The van der Waals surface area contributed by atoms with Crippen molar-refractivity contribution in [2.75, 3.05) is 19.7 Å². The fraction of sp³-hybridized carbons (Fsp3) is 0.469. The van der Waals surface area contributed by atoms with E-state index < -0.39 is 11.7 Å². The van der Waals surface area contributed by atoms with Crippen LogP contribution < -0.4 is 4.74 Å². The molecular formula is C32H38F3N3O4. The van der Waals surface area contributed by atoms with Gasteiger partial charge in [0, 0.05) is 24.8 Å². The van der Waals surface area contributed by atoms with Gasteiger partial charge in [-0.15, -0.1) is 0 Å². The van der Waals surface area contributed by atoms with E-state index in [2.05, 4.69) is 12.0 Å². The van der Waals surface area contributed by atoms with Crippen molar-refractivity contribution in [2.24, 2.45) is 5.92 Å². The average Bonchev–Trinajstić information content (AvgIpc) is 3.43. The highest BCUT2D eigenvalue weighted by atomic mass is 19.4. The maximum atomic E-state index is 13.2. The first-order valence-corrected chi connectivity index (χ1v) is 14.4. The SMILES string of the molecule is CCC[C@H](Oc1cc(C)c(-n2cc(C(F)(F)F)cn2)c(C)c1)c1ccc(C(=O)N2CCC[C@H](CC(=O)OCC)C2)cc1. The topological polar surface area (TPSA) is 73.7 Å². The van der Waals surface area contributed by atoms with Gasteiger partial charge in [0.1, 0.15) is 11.9 Å². The Labute approximate surface area is 244 Å². The number of nitrogens with zero attached hydrogens (tertiary/aromatic N) is 3. The van der Waals surface area contributed by atoms with E-state index in [0.29, 0.717) is 43.1 Å². The maximum Gasteiger partial charge on any atom is 0.419 e. The largest absolute Gasteiger partial charge is 0.486 e. The summed E-state index contributed by atoms with van der Waals surface area (Å²) in [7, 11) is 0. The van der Waals surface area contributed by atoms with Gasteiger partial charge in [-0.05, 0) is 86.9 Å². The molecule has 0 saturated carbocycles. The van der Waals surface area contributed by atoms with Crippen LogP contribution in [0.25, 0.3) is 5.69 Å². The number of carbonyl (C=O) groups excluding carboxylic acids is 2. The summed E-state index contributed by atoms with van der Waals surface area (Å²) in [4.78, 5) is 27.0. The number of benzene rings is 2. The van der Waals surface area contributed by atoms with Crippen LogP contribution in [-0.4, -0.2) is 46.3 Å². The smallest absolute Gasteiger partial charge is 0.419 e. The molecule has 7 nitrogen and oxygen atoms in total. The van der Waals surface area contributed by atoms with Crippen LogP contribution >= 0.6 is 0 Å². The molecule has 1 aliphatic heterocycles. The molecule has 0 aliphatic carbocycles. The average molecular weight is 586 g/mol. The number of hydrogen-bond acceptors (Lipinski definition) is 5. The molecule has 2 aromatic carbocycles. The molecule has 0 unspecified atom stereocenters. The molecule has 0 bridgehead atoms. The summed E-state index contributed by atoms with van der Waals surface area (Å²) in [6.45, 7) is 9.03. The van der Waals surface area contributed by atoms with Crippen LogP contribution in [0.1, 0.15) is 84.7 Å². The molecule has 1 fully saturated rings. The van der Waals surface area contributed by atoms with Gasteiger partial charge in [0.05, 0.1) is 30.5 Å². The highest BCUT2D eigenvalue weighted by Gasteiger charge is 2.32. The Morgan fingerprint density at radius 3 is 2.38 bits per heavy atom. The lowest BCUT2D eigenvalue weighted by Gasteiger charge is -2.32. The zero-order valence-electron chi connectivity index (χ0n) is 24.5. The molecule has 0 spiro atoms. The van der Waals surface area contributed by atoms with Gasteiger partial charge in [-0.3, -0.25) is 9.59 Å². The minimum absolute atomic E-state index is 0.0581. The molecular weight excluding hydrogens is 547 g/mol. The van der Waals surface area contributed by atoms with Crippen molar-refractivity contribution in [3.05, 3.63) is 76.6 Å². The third-order valence-electron chi connectivity index (χ3n) is 7.53. The van der Waals surface area contributed by atoms with Gasteiger partial charge in [-0.25, -0.2) is 4.68 Å². The second kappa shape index (κ2) is 13.4. The van der Waals surface area contributed by atoms with Crippen molar-refractivity contribution in [1.82, 2.24) is 14.7 Å². The number of piperidine rings is 1. The molecule has 4 rings (SSSR count). The number of alkyl halides is 3. The molecule has 1 aliphatic rings. The van der Waals surface area contributed by atoms with E-state index in [0.717, 1.165) is 54.8 Å². The lowest BCUT2D eigenvalue weighted by molar-refractivity contribution is -0.144. The van der Waals surface area contributed by atoms with Crippen molar-refractivity contribution in [2.45, 2.75) is 72.1 Å². The van der Waals surface area contributed by atoms with Crippen LogP contribution in [0.4, 0.5) is 13.2 Å². The number of amides is 1. The Hall–Kier alpha value is -3.82. The van der Waals surface area contributed by atoms with Gasteiger partial charge < -0.3 is 14.4 Å². The molecule has 226 valence electrons. The molecule has 0 radical (unpaired) electrons. The summed E-state index contributed by atoms with van der Waals surface area (Å²) in [5, 5.41) is 3.93. The molecule has 1 amide bonds. The molecule has 1 saturated heterocycles. The summed E-state index contributed by atoms with van der Waals surface area (Å²) in [6.07, 6.45) is 0.753. The zero-order valence-corrected chi connectivity index (χ0v) is 24.5. The molecule has 0 N–H and O–H groups in total. The van der Waals surface area contributed by atoms with E-state index in [9.17, 15) is 22.8 Å². The van der Waals surface area contributed by atoms with E-state index in [-0.39, 0.29) is 23.9 Å². The second-order valence-corrected chi connectivity index (χ2v) is 10.9. The highest BCUT2D eigenvalue weighted by molar-refractivity contribution is 5.94. The fourth-order valence-corrected chi connectivity index (χ4v) is 5.55. The Morgan fingerprint density at radius 1 is 1.10 bits per heavy atom. The van der Waals surface area contributed by atoms with Gasteiger partial charge in [-0.1, -0.05) is 25.5 Å². The zero-order chi connectivity index (χ0) is 30.4. The summed E-state index contributed by atoms with van der Waals surface area (Å²) >= 11 is 0. The number of halogens is 3. The van der Waals surface area contributed by atoms with E-state index in [1.54, 1.807) is 19.1 Å². The molecule has 3 aromatic rings. The van der Waals surface area contributed by atoms with Gasteiger partial charge >= 0.3 is 12.1 Å². The molecule has 2 heterocycles. The minimum atomic E-state index is -4.46. The van der Waals surface area contributed by atoms with Crippen LogP contribution in [0, 0.1) is 19.8 Å². The number of ether oxygens (including phenoxy) is 2. The summed E-state index contributed by atoms with van der Waals surface area (Å²) in [5.74, 6) is 0.426. The standard InChI is InChI=1S/C32H38F3N3O4/c1-5-8-28(42-27-15-21(3)30(22(4)16-27)38-20-26(18-36-38)32(33,34)35)24-10-12-25(13-11-24)31(40)37-14-7-9-23(19-37)17-29(39)41-6-2/h10-13,15-16,18,20,23,28H,5-9,14,17,19H2,1-4H3/t23-,28+/m1/s1. The molecule has 2 atom stereocenters. The first-order valence-electron chi connectivity index (χ1n) is 14.4. The number of aromatic nitrogens is 2. The van der Waals surface area contributed by atoms with Crippen molar-refractivity contribution < 1.29 is 32.2 Å². The van der Waals surface area contributed by atoms with Crippen LogP contribution in [0.3, 0.4) is 0 Å². The van der Waals surface area contributed by atoms with E-state index in [4.69, 9.17) is 9.47 Å². The minimum Gasteiger partial charge on any atom is -0.486 e. The third kappa shape index (κ3) is 7.52. The number of aryl methyl sites for hydroxylation is 2. The van der Waals surface area contributed by atoms with Crippen molar-refractivity contribution in [3.8, 4) is 11.4 Å². The first-order chi connectivity index (χ1) is 20.0. The van der Waals surface area contributed by atoms with Crippen molar-refractivity contribution in [3.63, 3.8) is 0 Å². The van der Waals surface area contributed by atoms with Crippen LogP contribution in [0.5, 0.6) is 5.75 Å². The molecule has 1 aromatic heterocycles. The van der Waals surface area contributed by atoms with Gasteiger partial charge in [0.2, 0.25) is 0 Å². The second-order valence-electron chi connectivity index (χ2n) is 10.9. The number of hydrogen-bond donors (Lipinski definition) is 0. The Balaban J connectivity index is 1.46. The van der Waals surface area contributed by atoms with E-state index in [1.165, 1.54) is 4.68 Å². The number of likely N-dealkylation sites (tertiary alicyclic amines) is 1. The van der Waals surface area contributed by atoms with Gasteiger partial charge in [-0.2, -0.15) is 18.3 Å². The Bertz CT molecular complexity index is 1360. The third-order valence-corrected chi connectivity index (χ3v) is 7.53. The predicted octanol–water partition coefficient (Wildman–Crippen LogP) is 7.23. The lowest BCUT2D eigenvalue weighted by atomic mass is 9.94. The maximum absolute atomic E-state index is 13.2. The normalized spacial score (nSPS) is 16.3. The van der Waals surface area contributed by atoms with Gasteiger partial charge in [0.25, 0.3) is 5.91 Å². The summed E-state index contributed by atoms with van der Waals surface area (Å²) in [6, 6.07) is 11.1. The quantitative estimate of drug-likeness (QED) is 0.235. The Morgan fingerprint density at radius 2 is 1.79 bits per heavy atom. The molecule has 42 heavy (non-hydrogen) atoms. The van der Waals surface area contributed by atoms with Crippen molar-refractivity contribution in [1.29, 1.82) is 0 Å². The van der Waals surface area contributed by atoms with Crippen LogP contribution in [0.15, 0.2) is 48.8 Å². The number of rotatable bonds is 10. The van der Waals surface area contributed by atoms with Crippen LogP contribution in [-0.2, 0) is 15.7 Å².